The zero-order chi connectivity index (χ0) is 21.9. The standard InChI is InChI=1S/C23H20ClN7O/c24-18-14-25-23(27-16-8-10-17(11-9-16)31-13-3-12-26-31)30-21(18)28-19-4-1-2-5-20(19)29-22(32)15-6-7-15/h1-5,8-15H,6-7H2,(H,29,32)(H2,25,27,28,30). The third kappa shape index (κ3) is 4.55. The molecule has 1 aliphatic rings. The lowest BCUT2D eigenvalue weighted by Crippen LogP contribution is -2.14. The number of nitrogens with one attached hydrogen (secondary N) is 3. The van der Waals surface area contributed by atoms with Crippen LogP contribution < -0.4 is 16.0 Å². The zero-order valence-corrected chi connectivity index (χ0v) is 17.8. The predicted molar refractivity (Wildman–Crippen MR) is 125 cm³/mol. The topological polar surface area (TPSA) is 96.8 Å². The highest BCUT2D eigenvalue weighted by Gasteiger charge is 2.30. The molecule has 8 nitrogen and oxygen atoms in total. The van der Waals surface area contributed by atoms with Crippen molar-refractivity contribution in [3.63, 3.8) is 0 Å². The fourth-order valence-electron chi connectivity index (χ4n) is 3.17. The molecule has 3 N–H and O–H groups in total. The molecule has 1 amide bonds. The molecule has 0 spiro atoms. The fraction of sp³-hybridized carbons (Fsp3) is 0.130. The van der Waals surface area contributed by atoms with E-state index in [1.165, 1.54) is 6.20 Å². The molecule has 2 aromatic carbocycles. The average Bonchev–Trinajstić information content (AvgIpc) is 3.52. The van der Waals surface area contributed by atoms with Gasteiger partial charge in [0.25, 0.3) is 0 Å². The van der Waals surface area contributed by atoms with Crippen molar-refractivity contribution in [3.8, 4) is 5.69 Å². The number of anilines is 5. The van der Waals surface area contributed by atoms with E-state index in [4.69, 9.17) is 11.6 Å². The van der Waals surface area contributed by atoms with Crippen LogP contribution in [0.5, 0.6) is 0 Å². The molecule has 4 aromatic rings. The Kier molecular flexibility index (Phi) is 5.43. The van der Waals surface area contributed by atoms with Gasteiger partial charge in [0.05, 0.1) is 23.3 Å². The molecule has 1 fully saturated rings. The summed E-state index contributed by atoms with van der Waals surface area (Å²) in [5, 5.41) is 14.0. The molecule has 1 saturated carbocycles. The van der Waals surface area contributed by atoms with Gasteiger partial charge in [-0.25, -0.2) is 9.67 Å². The molecule has 32 heavy (non-hydrogen) atoms. The number of aromatic nitrogens is 4. The van der Waals surface area contributed by atoms with E-state index in [2.05, 4.69) is 31.0 Å². The lowest BCUT2D eigenvalue weighted by atomic mass is 10.2. The summed E-state index contributed by atoms with van der Waals surface area (Å²) in [6.45, 7) is 0. The number of benzene rings is 2. The van der Waals surface area contributed by atoms with Crippen LogP contribution in [-0.2, 0) is 4.79 Å². The first-order valence-electron chi connectivity index (χ1n) is 10.2. The third-order valence-corrected chi connectivity index (χ3v) is 5.30. The van der Waals surface area contributed by atoms with Crippen LogP contribution in [0.3, 0.4) is 0 Å². The Morgan fingerprint density at radius 3 is 2.50 bits per heavy atom. The number of nitrogens with zero attached hydrogens (tertiary/aromatic N) is 4. The highest BCUT2D eigenvalue weighted by atomic mass is 35.5. The molecular formula is C23H20ClN7O. The van der Waals surface area contributed by atoms with Gasteiger partial charge in [-0.2, -0.15) is 10.1 Å². The quantitative estimate of drug-likeness (QED) is 0.364. The Bertz CT molecular complexity index is 1240. The van der Waals surface area contributed by atoms with E-state index in [1.807, 2.05) is 60.8 Å². The Hall–Kier alpha value is -3.91. The molecule has 0 radical (unpaired) electrons. The maximum atomic E-state index is 12.2. The Labute approximate surface area is 189 Å². The molecule has 5 rings (SSSR count). The lowest BCUT2D eigenvalue weighted by molar-refractivity contribution is -0.117. The summed E-state index contributed by atoms with van der Waals surface area (Å²) < 4.78 is 1.78. The van der Waals surface area contributed by atoms with Gasteiger partial charge in [0.1, 0.15) is 5.02 Å². The van der Waals surface area contributed by atoms with E-state index in [0.29, 0.717) is 28.2 Å². The van der Waals surface area contributed by atoms with Gasteiger partial charge >= 0.3 is 0 Å². The van der Waals surface area contributed by atoms with E-state index in [1.54, 1.807) is 10.9 Å². The van der Waals surface area contributed by atoms with Crippen molar-refractivity contribution in [2.45, 2.75) is 12.8 Å². The number of para-hydroxylation sites is 2. The van der Waals surface area contributed by atoms with Crippen LogP contribution in [0.2, 0.25) is 5.02 Å². The highest BCUT2D eigenvalue weighted by Crippen LogP contribution is 2.33. The normalized spacial score (nSPS) is 12.9. The van der Waals surface area contributed by atoms with Gasteiger partial charge in [-0.15, -0.1) is 0 Å². The molecule has 1 aliphatic carbocycles. The van der Waals surface area contributed by atoms with Gasteiger partial charge in [-0.1, -0.05) is 23.7 Å². The van der Waals surface area contributed by atoms with Crippen molar-refractivity contribution >= 4 is 46.3 Å². The number of amides is 1. The van der Waals surface area contributed by atoms with Gasteiger partial charge < -0.3 is 16.0 Å². The molecule has 0 atom stereocenters. The van der Waals surface area contributed by atoms with Gasteiger partial charge in [-0.3, -0.25) is 4.79 Å². The Balaban J connectivity index is 1.33. The molecule has 160 valence electrons. The van der Waals surface area contributed by atoms with Crippen LogP contribution >= 0.6 is 11.6 Å². The van der Waals surface area contributed by atoms with Gasteiger partial charge in [0, 0.05) is 24.0 Å². The second-order valence-electron chi connectivity index (χ2n) is 7.45. The van der Waals surface area contributed by atoms with E-state index in [9.17, 15) is 4.79 Å². The van der Waals surface area contributed by atoms with E-state index in [0.717, 1.165) is 24.2 Å². The van der Waals surface area contributed by atoms with Crippen LogP contribution in [-0.4, -0.2) is 25.7 Å². The maximum Gasteiger partial charge on any atom is 0.229 e. The molecule has 0 aliphatic heterocycles. The molecule has 2 aromatic heterocycles. The van der Waals surface area contributed by atoms with Crippen molar-refractivity contribution in [2.24, 2.45) is 5.92 Å². The largest absolute Gasteiger partial charge is 0.337 e. The van der Waals surface area contributed by atoms with Crippen molar-refractivity contribution < 1.29 is 4.79 Å². The molecule has 0 unspecified atom stereocenters. The van der Waals surface area contributed by atoms with Crippen LogP contribution in [0.4, 0.5) is 28.8 Å². The molecular weight excluding hydrogens is 426 g/mol. The maximum absolute atomic E-state index is 12.2. The van der Waals surface area contributed by atoms with E-state index in [-0.39, 0.29) is 11.8 Å². The molecule has 2 heterocycles. The van der Waals surface area contributed by atoms with Gasteiger partial charge in [0.15, 0.2) is 5.82 Å². The number of carbonyl (C=O) groups is 1. The summed E-state index contributed by atoms with van der Waals surface area (Å²) in [6, 6.07) is 17.1. The molecule has 0 saturated heterocycles. The molecule has 9 heteroatoms. The van der Waals surface area contributed by atoms with Gasteiger partial charge in [0.2, 0.25) is 11.9 Å². The highest BCUT2D eigenvalue weighted by molar-refractivity contribution is 6.33. The van der Waals surface area contributed by atoms with Crippen molar-refractivity contribution in [2.75, 3.05) is 16.0 Å². The average molecular weight is 446 g/mol. The predicted octanol–water partition coefficient (Wildman–Crippen LogP) is 5.15. The fourth-order valence-corrected chi connectivity index (χ4v) is 3.31. The summed E-state index contributed by atoms with van der Waals surface area (Å²) >= 11 is 6.33. The number of hydrogen-bond acceptors (Lipinski definition) is 6. The Morgan fingerprint density at radius 2 is 1.78 bits per heavy atom. The third-order valence-electron chi connectivity index (χ3n) is 5.02. The van der Waals surface area contributed by atoms with Crippen LogP contribution in [0.1, 0.15) is 12.8 Å². The summed E-state index contributed by atoms with van der Waals surface area (Å²) in [4.78, 5) is 21.0. The first-order chi connectivity index (χ1) is 15.7. The van der Waals surface area contributed by atoms with Crippen LogP contribution in [0.25, 0.3) is 5.69 Å². The number of halogens is 1. The monoisotopic (exact) mass is 445 g/mol. The molecule has 0 bridgehead atoms. The van der Waals surface area contributed by atoms with Crippen molar-refractivity contribution in [3.05, 3.63) is 78.2 Å². The van der Waals surface area contributed by atoms with Gasteiger partial charge in [-0.05, 0) is 55.3 Å². The number of carbonyl (C=O) groups excluding carboxylic acids is 1. The first kappa shape index (κ1) is 20.0. The lowest BCUT2D eigenvalue weighted by Gasteiger charge is -2.14. The van der Waals surface area contributed by atoms with E-state index >= 15 is 0 Å². The first-order valence-corrected chi connectivity index (χ1v) is 10.6. The summed E-state index contributed by atoms with van der Waals surface area (Å²) in [5.41, 5.74) is 3.16. The summed E-state index contributed by atoms with van der Waals surface area (Å²) in [7, 11) is 0. The van der Waals surface area contributed by atoms with E-state index < -0.39 is 0 Å². The summed E-state index contributed by atoms with van der Waals surface area (Å²) in [5.74, 6) is 0.976. The van der Waals surface area contributed by atoms with Crippen LogP contribution in [0, 0.1) is 5.92 Å². The summed E-state index contributed by atoms with van der Waals surface area (Å²) in [6.07, 6.45) is 7.03. The SMILES string of the molecule is O=C(Nc1ccccc1Nc1nc(Nc2ccc(-n3cccn3)cc2)ncc1Cl)C1CC1. The second kappa shape index (κ2) is 8.68. The minimum absolute atomic E-state index is 0.0361. The van der Waals surface area contributed by atoms with Crippen LogP contribution in [0.15, 0.2) is 73.2 Å². The Morgan fingerprint density at radius 1 is 1.00 bits per heavy atom. The van der Waals surface area contributed by atoms with Crippen molar-refractivity contribution in [1.82, 2.24) is 19.7 Å². The smallest absolute Gasteiger partial charge is 0.229 e. The number of rotatable bonds is 7. The zero-order valence-electron chi connectivity index (χ0n) is 17.0. The second-order valence-corrected chi connectivity index (χ2v) is 7.85. The number of hydrogen-bond donors (Lipinski definition) is 3. The van der Waals surface area contributed by atoms with Crippen molar-refractivity contribution in [1.29, 1.82) is 0 Å². The minimum atomic E-state index is 0.0361. The minimum Gasteiger partial charge on any atom is -0.337 e.